The molecule has 0 aliphatic heterocycles. The van der Waals surface area contributed by atoms with Gasteiger partial charge >= 0.3 is 0 Å². The summed E-state index contributed by atoms with van der Waals surface area (Å²) in [6, 6.07) is 7.35. The normalized spacial score (nSPS) is 10.4. The number of ether oxygens (including phenoxy) is 1. The van der Waals surface area contributed by atoms with Crippen LogP contribution in [0.1, 0.15) is 19.8 Å². The Bertz CT molecular complexity index is 621. The topological polar surface area (TPSA) is 50.3 Å². The van der Waals surface area contributed by atoms with Gasteiger partial charge in [-0.2, -0.15) is 4.98 Å². The summed E-state index contributed by atoms with van der Waals surface area (Å²) < 4.78 is 5.15. The molecule has 0 saturated heterocycles. The van der Waals surface area contributed by atoms with Crippen LogP contribution in [-0.2, 0) is 0 Å². The van der Waals surface area contributed by atoms with Crippen molar-refractivity contribution in [2.75, 3.05) is 30.9 Å². The van der Waals surface area contributed by atoms with Crippen molar-refractivity contribution < 1.29 is 4.74 Å². The molecule has 0 unspecified atom stereocenters. The molecule has 0 spiro atoms. The molecule has 0 aliphatic carbocycles. The maximum absolute atomic E-state index is 6.13. The standard InChI is InChI=1S/C16H21ClN4O/c1-4-5-10-21(2)16-18-9-8-15(20-16)19-12-6-7-14(22-3)13(17)11-12/h6-9,11H,4-5,10H2,1-3H3,(H,18,19,20). The van der Waals surface area contributed by atoms with Gasteiger partial charge in [0.25, 0.3) is 0 Å². The highest BCUT2D eigenvalue weighted by Crippen LogP contribution is 2.28. The molecule has 0 fully saturated rings. The predicted molar refractivity (Wildman–Crippen MR) is 91.5 cm³/mol. The molecule has 1 heterocycles. The van der Waals surface area contributed by atoms with Gasteiger partial charge in [0.1, 0.15) is 11.6 Å². The average molecular weight is 321 g/mol. The largest absolute Gasteiger partial charge is 0.495 e. The minimum atomic E-state index is 0.557. The molecule has 0 atom stereocenters. The fourth-order valence-electron chi connectivity index (χ4n) is 1.99. The zero-order valence-electron chi connectivity index (χ0n) is 13.1. The molecular weight excluding hydrogens is 300 g/mol. The lowest BCUT2D eigenvalue weighted by Gasteiger charge is -2.17. The maximum atomic E-state index is 6.13. The molecule has 0 aliphatic rings. The molecule has 0 radical (unpaired) electrons. The highest BCUT2D eigenvalue weighted by Gasteiger charge is 2.06. The number of hydrogen-bond donors (Lipinski definition) is 1. The number of unbranched alkanes of at least 4 members (excludes halogenated alkanes) is 1. The Morgan fingerprint density at radius 1 is 1.32 bits per heavy atom. The van der Waals surface area contributed by atoms with Gasteiger partial charge in [-0.15, -0.1) is 0 Å². The van der Waals surface area contributed by atoms with Crippen molar-refractivity contribution in [3.63, 3.8) is 0 Å². The highest BCUT2D eigenvalue weighted by molar-refractivity contribution is 6.32. The van der Waals surface area contributed by atoms with E-state index in [1.54, 1.807) is 13.3 Å². The molecule has 0 amide bonds. The zero-order chi connectivity index (χ0) is 15.9. The number of halogens is 1. The number of nitrogens with zero attached hydrogens (tertiary/aromatic N) is 3. The smallest absolute Gasteiger partial charge is 0.227 e. The van der Waals surface area contributed by atoms with E-state index in [4.69, 9.17) is 16.3 Å². The Morgan fingerprint density at radius 2 is 2.14 bits per heavy atom. The molecule has 22 heavy (non-hydrogen) atoms. The SMILES string of the molecule is CCCCN(C)c1nccc(Nc2ccc(OC)c(Cl)c2)n1. The van der Waals surface area contributed by atoms with E-state index >= 15 is 0 Å². The van der Waals surface area contributed by atoms with Crippen LogP contribution in [0.5, 0.6) is 5.75 Å². The lowest BCUT2D eigenvalue weighted by molar-refractivity contribution is 0.415. The third kappa shape index (κ3) is 4.24. The molecule has 0 bridgehead atoms. The molecule has 1 aromatic carbocycles. The minimum Gasteiger partial charge on any atom is -0.495 e. The van der Waals surface area contributed by atoms with E-state index in [0.717, 1.165) is 30.9 Å². The molecule has 5 nitrogen and oxygen atoms in total. The van der Waals surface area contributed by atoms with E-state index in [0.29, 0.717) is 16.7 Å². The predicted octanol–water partition coefficient (Wildman–Crippen LogP) is 4.12. The van der Waals surface area contributed by atoms with Gasteiger partial charge in [0.15, 0.2) is 0 Å². The van der Waals surface area contributed by atoms with E-state index in [2.05, 4.69) is 27.1 Å². The molecular formula is C16H21ClN4O. The fourth-order valence-corrected chi connectivity index (χ4v) is 2.25. The average Bonchev–Trinajstić information content (AvgIpc) is 2.53. The number of methoxy groups -OCH3 is 1. The number of benzene rings is 1. The van der Waals surface area contributed by atoms with Crippen LogP contribution < -0.4 is 15.0 Å². The molecule has 0 saturated carbocycles. The van der Waals surface area contributed by atoms with Gasteiger partial charge in [0, 0.05) is 25.5 Å². The summed E-state index contributed by atoms with van der Waals surface area (Å²) in [6.45, 7) is 3.11. The number of nitrogens with one attached hydrogen (secondary N) is 1. The molecule has 1 aromatic heterocycles. The lowest BCUT2D eigenvalue weighted by atomic mass is 10.3. The van der Waals surface area contributed by atoms with Gasteiger partial charge in [0.05, 0.1) is 12.1 Å². The van der Waals surface area contributed by atoms with E-state index < -0.39 is 0 Å². The summed E-state index contributed by atoms with van der Waals surface area (Å²) in [5, 5.41) is 3.79. The van der Waals surface area contributed by atoms with Gasteiger partial charge in [0.2, 0.25) is 5.95 Å². The van der Waals surface area contributed by atoms with Gasteiger partial charge in [-0.3, -0.25) is 0 Å². The van der Waals surface area contributed by atoms with Crippen molar-refractivity contribution in [2.24, 2.45) is 0 Å². The number of anilines is 3. The minimum absolute atomic E-state index is 0.557. The van der Waals surface area contributed by atoms with Crippen molar-refractivity contribution in [1.29, 1.82) is 0 Å². The molecule has 1 N–H and O–H groups in total. The molecule has 118 valence electrons. The summed E-state index contributed by atoms with van der Waals surface area (Å²) >= 11 is 6.13. The van der Waals surface area contributed by atoms with Crippen LogP contribution in [0, 0.1) is 0 Å². The second-order valence-corrected chi connectivity index (χ2v) is 5.40. The first-order valence-electron chi connectivity index (χ1n) is 7.28. The quantitative estimate of drug-likeness (QED) is 0.831. The van der Waals surface area contributed by atoms with Crippen molar-refractivity contribution in [3.05, 3.63) is 35.5 Å². The van der Waals surface area contributed by atoms with Crippen LogP contribution in [0.2, 0.25) is 5.02 Å². The third-order valence-electron chi connectivity index (χ3n) is 3.26. The maximum Gasteiger partial charge on any atom is 0.227 e. The van der Waals surface area contributed by atoms with E-state index in [1.807, 2.05) is 31.3 Å². The summed E-state index contributed by atoms with van der Waals surface area (Å²) in [6.07, 6.45) is 4.01. The number of rotatable bonds is 7. The summed E-state index contributed by atoms with van der Waals surface area (Å²) in [4.78, 5) is 10.9. The van der Waals surface area contributed by atoms with Crippen LogP contribution in [-0.4, -0.2) is 30.7 Å². The lowest BCUT2D eigenvalue weighted by Crippen LogP contribution is -2.21. The van der Waals surface area contributed by atoms with Gasteiger partial charge in [-0.1, -0.05) is 24.9 Å². The van der Waals surface area contributed by atoms with Crippen molar-refractivity contribution in [1.82, 2.24) is 9.97 Å². The summed E-state index contributed by atoms with van der Waals surface area (Å²) in [5.74, 6) is 2.09. The fraction of sp³-hybridized carbons (Fsp3) is 0.375. The number of aromatic nitrogens is 2. The van der Waals surface area contributed by atoms with E-state index in [-0.39, 0.29) is 0 Å². The van der Waals surface area contributed by atoms with E-state index in [9.17, 15) is 0 Å². The highest BCUT2D eigenvalue weighted by atomic mass is 35.5. The van der Waals surface area contributed by atoms with Crippen LogP contribution in [0.4, 0.5) is 17.5 Å². The molecule has 2 aromatic rings. The monoisotopic (exact) mass is 320 g/mol. The van der Waals surface area contributed by atoms with Crippen molar-refractivity contribution in [2.45, 2.75) is 19.8 Å². The van der Waals surface area contributed by atoms with Crippen LogP contribution >= 0.6 is 11.6 Å². The Balaban J connectivity index is 2.11. The van der Waals surface area contributed by atoms with Crippen LogP contribution in [0.15, 0.2) is 30.5 Å². The Labute approximate surface area is 136 Å². The third-order valence-corrected chi connectivity index (χ3v) is 3.55. The van der Waals surface area contributed by atoms with Crippen molar-refractivity contribution in [3.8, 4) is 5.75 Å². The van der Waals surface area contributed by atoms with Crippen LogP contribution in [0.3, 0.4) is 0 Å². The zero-order valence-corrected chi connectivity index (χ0v) is 13.9. The molecule has 2 rings (SSSR count). The second kappa shape index (κ2) is 7.84. The Morgan fingerprint density at radius 3 is 2.82 bits per heavy atom. The Kier molecular flexibility index (Phi) is 5.83. The summed E-state index contributed by atoms with van der Waals surface area (Å²) in [5.41, 5.74) is 0.853. The first-order valence-corrected chi connectivity index (χ1v) is 7.66. The van der Waals surface area contributed by atoms with E-state index in [1.165, 1.54) is 0 Å². The first kappa shape index (κ1) is 16.4. The van der Waals surface area contributed by atoms with Crippen molar-refractivity contribution >= 4 is 29.1 Å². The Hall–Kier alpha value is -2.01. The van der Waals surface area contributed by atoms with Crippen LogP contribution in [0.25, 0.3) is 0 Å². The first-order chi connectivity index (χ1) is 10.6. The second-order valence-electron chi connectivity index (χ2n) is 4.99. The van der Waals surface area contributed by atoms with Gasteiger partial charge < -0.3 is 15.0 Å². The van der Waals surface area contributed by atoms with Gasteiger partial charge in [-0.25, -0.2) is 4.98 Å². The molecule has 6 heteroatoms. The summed E-state index contributed by atoms with van der Waals surface area (Å²) in [7, 11) is 3.59. The number of hydrogen-bond acceptors (Lipinski definition) is 5. The van der Waals surface area contributed by atoms with Gasteiger partial charge in [-0.05, 0) is 30.7 Å².